The molecule has 3 rings (SSSR count). The van der Waals surface area contributed by atoms with Crippen LogP contribution in [0, 0.1) is 0 Å². The van der Waals surface area contributed by atoms with E-state index in [0.717, 1.165) is 44.1 Å². The fraction of sp³-hybridized carbons (Fsp3) is 0.647. The smallest absolute Gasteiger partial charge is 0.231 e. The van der Waals surface area contributed by atoms with Gasteiger partial charge in [-0.15, -0.1) is 0 Å². The number of aliphatic hydroxyl groups is 1. The van der Waals surface area contributed by atoms with Crippen molar-refractivity contribution in [2.45, 2.75) is 25.9 Å². The van der Waals surface area contributed by atoms with Gasteiger partial charge < -0.3 is 25.2 Å². The molecule has 1 aromatic rings. The fourth-order valence-corrected chi connectivity index (χ4v) is 3.30. The lowest BCUT2D eigenvalue weighted by Gasteiger charge is -2.37. The van der Waals surface area contributed by atoms with Crippen LogP contribution < -0.4 is 20.1 Å². The second kappa shape index (κ2) is 7.38. The highest BCUT2D eigenvalue weighted by atomic mass is 16.7. The van der Waals surface area contributed by atoms with Gasteiger partial charge in [0.15, 0.2) is 11.5 Å². The summed E-state index contributed by atoms with van der Waals surface area (Å²) in [6.45, 7) is 7.57. The summed E-state index contributed by atoms with van der Waals surface area (Å²) in [6, 6.07) is 4.22. The number of benzene rings is 1. The zero-order chi connectivity index (χ0) is 16.2. The quantitative estimate of drug-likeness (QED) is 0.808. The number of aryl methyl sites for hydroxylation is 1. The molecule has 0 amide bonds. The average Bonchev–Trinajstić information content (AvgIpc) is 3.02. The van der Waals surface area contributed by atoms with E-state index < -0.39 is 0 Å². The Bertz CT molecular complexity index is 530. The Morgan fingerprint density at radius 3 is 2.52 bits per heavy atom. The number of hydrogen-bond donors (Lipinski definition) is 2. The molecule has 2 heterocycles. The molecule has 1 saturated heterocycles. The second-order valence-corrected chi connectivity index (χ2v) is 6.21. The Kier molecular flexibility index (Phi) is 5.25. The van der Waals surface area contributed by atoms with E-state index in [2.05, 4.69) is 28.9 Å². The highest BCUT2D eigenvalue weighted by molar-refractivity contribution is 5.63. The summed E-state index contributed by atoms with van der Waals surface area (Å²) in [5.74, 6) is 1.70. The number of piperazine rings is 1. The van der Waals surface area contributed by atoms with Crippen molar-refractivity contribution in [1.29, 1.82) is 0 Å². The van der Waals surface area contributed by atoms with Crippen LogP contribution in [-0.4, -0.2) is 62.2 Å². The predicted molar refractivity (Wildman–Crippen MR) is 90.3 cm³/mol. The van der Waals surface area contributed by atoms with Gasteiger partial charge in [0.1, 0.15) is 0 Å². The third-order valence-electron chi connectivity index (χ3n) is 4.64. The van der Waals surface area contributed by atoms with Gasteiger partial charge in [0, 0.05) is 44.5 Å². The molecule has 1 aromatic carbocycles. The number of nitrogens with zero attached hydrogens (tertiary/aromatic N) is 2. The molecule has 1 atom stereocenters. The van der Waals surface area contributed by atoms with E-state index in [0.29, 0.717) is 26.3 Å². The molecule has 0 aliphatic carbocycles. The first-order valence-corrected chi connectivity index (χ1v) is 8.49. The minimum atomic E-state index is -0.316. The van der Waals surface area contributed by atoms with E-state index in [9.17, 15) is 5.11 Å². The van der Waals surface area contributed by atoms with Crippen molar-refractivity contribution in [3.8, 4) is 11.5 Å². The lowest BCUT2D eigenvalue weighted by molar-refractivity contribution is 0.104. The summed E-state index contributed by atoms with van der Waals surface area (Å²) in [7, 11) is 0. The molecule has 6 nitrogen and oxygen atoms in total. The van der Waals surface area contributed by atoms with Crippen LogP contribution >= 0.6 is 0 Å². The number of β-amino-alcohol motifs (C(OH)–C–C–N with tert-alkyl or cyclic N) is 1. The summed E-state index contributed by atoms with van der Waals surface area (Å²) < 4.78 is 11.0. The molecule has 1 unspecified atom stereocenters. The van der Waals surface area contributed by atoms with Crippen LogP contribution in [0.5, 0.6) is 11.5 Å². The van der Waals surface area contributed by atoms with Gasteiger partial charge >= 0.3 is 0 Å². The Morgan fingerprint density at radius 1 is 1.17 bits per heavy atom. The zero-order valence-corrected chi connectivity index (χ0v) is 13.8. The minimum Gasteiger partial charge on any atom is -0.454 e. The number of fused-ring (bicyclic) bond motifs is 1. The average molecular weight is 321 g/mol. The highest BCUT2D eigenvalue weighted by Crippen LogP contribution is 2.38. The van der Waals surface area contributed by atoms with Crippen molar-refractivity contribution in [2.75, 3.05) is 51.0 Å². The van der Waals surface area contributed by atoms with Crippen LogP contribution in [-0.2, 0) is 6.42 Å². The van der Waals surface area contributed by atoms with Gasteiger partial charge in [-0.25, -0.2) is 0 Å². The molecule has 0 spiro atoms. The van der Waals surface area contributed by atoms with Crippen LogP contribution in [0.15, 0.2) is 12.1 Å². The Balaban J connectivity index is 1.63. The third kappa shape index (κ3) is 3.71. The van der Waals surface area contributed by atoms with Crippen molar-refractivity contribution in [3.05, 3.63) is 17.7 Å². The van der Waals surface area contributed by atoms with E-state index in [1.54, 1.807) is 0 Å². The number of rotatable bonds is 6. The SMILES string of the molecule is CCc1cc2c(cc1N1CCN(CC(O)CCN)CC1)OCO2. The number of nitrogens with two attached hydrogens (primary N) is 1. The molecular weight excluding hydrogens is 294 g/mol. The molecular formula is C17H27N3O3. The highest BCUT2D eigenvalue weighted by Gasteiger charge is 2.23. The van der Waals surface area contributed by atoms with E-state index in [1.807, 2.05) is 0 Å². The van der Waals surface area contributed by atoms with Crippen molar-refractivity contribution in [2.24, 2.45) is 5.73 Å². The van der Waals surface area contributed by atoms with Crippen molar-refractivity contribution in [3.63, 3.8) is 0 Å². The van der Waals surface area contributed by atoms with E-state index in [-0.39, 0.29) is 6.10 Å². The predicted octanol–water partition coefficient (Wildman–Crippen LogP) is 0.809. The van der Waals surface area contributed by atoms with Gasteiger partial charge in [-0.05, 0) is 31.0 Å². The van der Waals surface area contributed by atoms with Gasteiger partial charge in [0.05, 0.1) is 6.10 Å². The summed E-state index contributed by atoms with van der Waals surface area (Å²) in [6.07, 6.45) is 1.33. The van der Waals surface area contributed by atoms with Crippen LogP contribution in [0.3, 0.4) is 0 Å². The normalized spacial score (nSPS) is 19.2. The molecule has 1 fully saturated rings. The monoisotopic (exact) mass is 321 g/mol. The molecule has 6 heteroatoms. The maximum atomic E-state index is 9.91. The lowest BCUT2D eigenvalue weighted by Crippen LogP contribution is -2.49. The third-order valence-corrected chi connectivity index (χ3v) is 4.64. The van der Waals surface area contributed by atoms with Crippen molar-refractivity contribution >= 4 is 5.69 Å². The standard InChI is InChI=1S/C17H27N3O3/c1-2-13-9-16-17(23-12-22-16)10-15(13)20-7-5-19(6-8-20)11-14(21)3-4-18/h9-10,14,21H,2-8,11-12,18H2,1H3. The molecule has 0 bridgehead atoms. The van der Waals surface area contributed by atoms with Gasteiger partial charge in [-0.3, -0.25) is 4.90 Å². The van der Waals surface area contributed by atoms with E-state index >= 15 is 0 Å². The first-order chi connectivity index (χ1) is 11.2. The first kappa shape index (κ1) is 16.4. The maximum absolute atomic E-state index is 9.91. The number of ether oxygens (including phenoxy) is 2. The summed E-state index contributed by atoms with van der Waals surface area (Å²) in [4.78, 5) is 4.72. The minimum absolute atomic E-state index is 0.314. The second-order valence-electron chi connectivity index (χ2n) is 6.21. The summed E-state index contributed by atoms with van der Waals surface area (Å²) in [5, 5.41) is 9.91. The van der Waals surface area contributed by atoms with Gasteiger partial charge in [0.2, 0.25) is 6.79 Å². The molecule has 0 saturated carbocycles. The molecule has 2 aliphatic heterocycles. The van der Waals surface area contributed by atoms with E-state index in [4.69, 9.17) is 15.2 Å². The molecule has 23 heavy (non-hydrogen) atoms. The topological polar surface area (TPSA) is 71.2 Å². The Hall–Kier alpha value is -1.50. The zero-order valence-electron chi connectivity index (χ0n) is 13.8. The molecule has 2 aliphatic rings. The molecule has 0 radical (unpaired) electrons. The Labute approximate surface area is 137 Å². The van der Waals surface area contributed by atoms with Crippen molar-refractivity contribution < 1.29 is 14.6 Å². The lowest BCUT2D eigenvalue weighted by atomic mass is 10.1. The number of anilines is 1. The maximum Gasteiger partial charge on any atom is 0.231 e. The largest absolute Gasteiger partial charge is 0.454 e. The van der Waals surface area contributed by atoms with Gasteiger partial charge in [0.25, 0.3) is 0 Å². The Morgan fingerprint density at radius 2 is 1.87 bits per heavy atom. The summed E-state index contributed by atoms with van der Waals surface area (Å²) in [5.41, 5.74) is 8.05. The van der Waals surface area contributed by atoms with Crippen LogP contribution in [0.25, 0.3) is 0 Å². The number of aliphatic hydroxyl groups excluding tert-OH is 1. The molecule has 128 valence electrons. The van der Waals surface area contributed by atoms with Crippen LogP contribution in [0.4, 0.5) is 5.69 Å². The molecule has 0 aromatic heterocycles. The van der Waals surface area contributed by atoms with Gasteiger partial charge in [-0.2, -0.15) is 0 Å². The van der Waals surface area contributed by atoms with Crippen molar-refractivity contribution in [1.82, 2.24) is 4.90 Å². The number of hydrogen-bond acceptors (Lipinski definition) is 6. The fourth-order valence-electron chi connectivity index (χ4n) is 3.30. The molecule has 3 N–H and O–H groups in total. The van der Waals surface area contributed by atoms with Gasteiger partial charge in [-0.1, -0.05) is 6.92 Å². The van der Waals surface area contributed by atoms with Crippen LogP contribution in [0.2, 0.25) is 0 Å². The van der Waals surface area contributed by atoms with E-state index in [1.165, 1.54) is 11.3 Å². The van der Waals surface area contributed by atoms with Crippen LogP contribution in [0.1, 0.15) is 18.9 Å². The first-order valence-electron chi connectivity index (χ1n) is 8.49. The summed E-state index contributed by atoms with van der Waals surface area (Å²) >= 11 is 0.